The molecule has 0 aromatic carbocycles. The molecule has 0 amide bonds. The standard InChI is InChI=1S/C8H17FO/c1-3-5-6-10-8(4-2)7-9/h8H,3-7H2,1-2H3. The van der Waals surface area contributed by atoms with Gasteiger partial charge >= 0.3 is 0 Å². The summed E-state index contributed by atoms with van der Waals surface area (Å²) in [5.74, 6) is 0. The van der Waals surface area contributed by atoms with Crippen molar-refractivity contribution >= 4 is 0 Å². The molecular formula is C8H17FO. The third-order valence-electron chi connectivity index (χ3n) is 1.48. The van der Waals surface area contributed by atoms with Gasteiger partial charge in [0.2, 0.25) is 0 Å². The molecule has 0 aliphatic carbocycles. The van der Waals surface area contributed by atoms with Crippen molar-refractivity contribution in [3.63, 3.8) is 0 Å². The fraction of sp³-hybridized carbons (Fsp3) is 1.00. The van der Waals surface area contributed by atoms with Gasteiger partial charge in [-0.1, -0.05) is 20.3 Å². The van der Waals surface area contributed by atoms with Crippen molar-refractivity contribution in [2.45, 2.75) is 39.2 Å². The molecule has 0 spiro atoms. The van der Waals surface area contributed by atoms with Crippen LogP contribution in [0.4, 0.5) is 4.39 Å². The second-order valence-corrected chi connectivity index (χ2v) is 2.41. The summed E-state index contributed by atoms with van der Waals surface area (Å²) >= 11 is 0. The first-order chi connectivity index (χ1) is 4.85. The fourth-order valence-electron chi connectivity index (χ4n) is 0.666. The molecule has 0 N–H and O–H groups in total. The summed E-state index contributed by atoms with van der Waals surface area (Å²) in [5, 5.41) is 0. The number of ether oxygens (including phenoxy) is 1. The van der Waals surface area contributed by atoms with Gasteiger partial charge in [-0.05, 0) is 12.8 Å². The topological polar surface area (TPSA) is 9.23 Å². The number of halogens is 1. The van der Waals surface area contributed by atoms with Crippen molar-refractivity contribution in [1.82, 2.24) is 0 Å². The quantitative estimate of drug-likeness (QED) is 0.526. The number of hydrogen-bond donors (Lipinski definition) is 0. The van der Waals surface area contributed by atoms with E-state index in [1.807, 2.05) is 6.92 Å². The highest BCUT2D eigenvalue weighted by molar-refractivity contribution is 4.51. The average Bonchev–Trinajstić information content (AvgIpc) is 1.99. The zero-order valence-corrected chi connectivity index (χ0v) is 6.90. The summed E-state index contributed by atoms with van der Waals surface area (Å²) in [4.78, 5) is 0. The summed E-state index contributed by atoms with van der Waals surface area (Å²) in [5.41, 5.74) is 0. The highest BCUT2D eigenvalue weighted by atomic mass is 19.1. The van der Waals surface area contributed by atoms with Crippen molar-refractivity contribution in [3.8, 4) is 0 Å². The van der Waals surface area contributed by atoms with Gasteiger partial charge in [0.05, 0.1) is 6.10 Å². The summed E-state index contributed by atoms with van der Waals surface area (Å²) in [7, 11) is 0. The van der Waals surface area contributed by atoms with Crippen molar-refractivity contribution in [2.24, 2.45) is 0 Å². The lowest BCUT2D eigenvalue weighted by atomic mass is 10.3. The van der Waals surface area contributed by atoms with Crippen LogP contribution in [-0.2, 0) is 4.74 Å². The van der Waals surface area contributed by atoms with Crippen molar-refractivity contribution in [2.75, 3.05) is 13.3 Å². The zero-order chi connectivity index (χ0) is 7.82. The van der Waals surface area contributed by atoms with E-state index >= 15 is 0 Å². The van der Waals surface area contributed by atoms with Gasteiger partial charge in [0.1, 0.15) is 6.67 Å². The Bertz CT molecular complexity index is 62.3. The molecule has 1 nitrogen and oxygen atoms in total. The SMILES string of the molecule is CCCCOC(CC)CF. The lowest BCUT2D eigenvalue weighted by Crippen LogP contribution is -2.14. The third kappa shape index (κ3) is 4.74. The Morgan fingerprint density at radius 3 is 2.50 bits per heavy atom. The van der Waals surface area contributed by atoms with E-state index in [1.54, 1.807) is 0 Å². The van der Waals surface area contributed by atoms with Gasteiger partial charge in [-0.25, -0.2) is 4.39 Å². The van der Waals surface area contributed by atoms with Crippen LogP contribution in [0.2, 0.25) is 0 Å². The van der Waals surface area contributed by atoms with Crippen LogP contribution in [0, 0.1) is 0 Å². The molecule has 1 unspecified atom stereocenters. The fourth-order valence-corrected chi connectivity index (χ4v) is 0.666. The molecule has 0 saturated heterocycles. The van der Waals surface area contributed by atoms with E-state index in [-0.39, 0.29) is 12.8 Å². The van der Waals surface area contributed by atoms with Crippen LogP contribution in [0.15, 0.2) is 0 Å². The molecule has 0 bridgehead atoms. The van der Waals surface area contributed by atoms with Gasteiger partial charge in [-0.2, -0.15) is 0 Å². The molecule has 0 aliphatic heterocycles. The van der Waals surface area contributed by atoms with Gasteiger partial charge in [-0.15, -0.1) is 0 Å². The first-order valence-corrected chi connectivity index (χ1v) is 4.02. The lowest BCUT2D eigenvalue weighted by molar-refractivity contribution is 0.0321. The number of hydrogen-bond acceptors (Lipinski definition) is 1. The largest absolute Gasteiger partial charge is 0.376 e. The van der Waals surface area contributed by atoms with Gasteiger partial charge in [0, 0.05) is 6.61 Å². The van der Waals surface area contributed by atoms with Gasteiger partial charge in [0.15, 0.2) is 0 Å². The number of alkyl halides is 1. The highest BCUT2D eigenvalue weighted by Gasteiger charge is 2.03. The molecule has 0 rings (SSSR count). The molecule has 62 valence electrons. The Balaban J connectivity index is 3.09. The maximum absolute atomic E-state index is 12.0. The Kier molecular flexibility index (Phi) is 6.93. The molecule has 0 aromatic heterocycles. The minimum Gasteiger partial charge on any atom is -0.376 e. The van der Waals surface area contributed by atoms with Crippen LogP contribution in [0.1, 0.15) is 33.1 Å². The second kappa shape index (κ2) is 7.00. The summed E-state index contributed by atoms with van der Waals surface area (Å²) < 4.78 is 17.2. The Hall–Kier alpha value is -0.110. The lowest BCUT2D eigenvalue weighted by Gasteiger charge is -2.10. The summed E-state index contributed by atoms with van der Waals surface area (Å²) in [6.07, 6.45) is 2.77. The third-order valence-corrected chi connectivity index (χ3v) is 1.48. The summed E-state index contributed by atoms with van der Waals surface area (Å²) in [6.45, 7) is 4.40. The Morgan fingerprint density at radius 2 is 2.10 bits per heavy atom. The molecule has 1 atom stereocenters. The van der Waals surface area contributed by atoms with Crippen molar-refractivity contribution in [1.29, 1.82) is 0 Å². The van der Waals surface area contributed by atoms with E-state index in [4.69, 9.17) is 4.74 Å². The molecule has 0 heterocycles. The van der Waals surface area contributed by atoms with E-state index in [1.165, 1.54) is 0 Å². The number of rotatable bonds is 6. The van der Waals surface area contributed by atoms with E-state index < -0.39 is 0 Å². The zero-order valence-electron chi connectivity index (χ0n) is 6.90. The van der Waals surface area contributed by atoms with Gasteiger partial charge in [-0.3, -0.25) is 0 Å². The predicted molar refractivity (Wildman–Crippen MR) is 40.9 cm³/mol. The Morgan fingerprint density at radius 1 is 1.40 bits per heavy atom. The van der Waals surface area contributed by atoms with Crippen LogP contribution in [0.5, 0.6) is 0 Å². The predicted octanol–water partition coefficient (Wildman–Crippen LogP) is 2.55. The van der Waals surface area contributed by atoms with Crippen LogP contribution >= 0.6 is 0 Å². The molecule has 0 radical (unpaired) electrons. The minimum atomic E-state index is -0.347. The highest BCUT2D eigenvalue weighted by Crippen LogP contribution is 2.00. The second-order valence-electron chi connectivity index (χ2n) is 2.41. The molecule has 10 heavy (non-hydrogen) atoms. The van der Waals surface area contributed by atoms with E-state index in [0.717, 1.165) is 19.3 Å². The first-order valence-electron chi connectivity index (χ1n) is 4.02. The van der Waals surface area contributed by atoms with Gasteiger partial charge in [0.25, 0.3) is 0 Å². The maximum atomic E-state index is 12.0. The first kappa shape index (κ1) is 9.89. The van der Waals surface area contributed by atoms with Crippen molar-refractivity contribution < 1.29 is 9.13 Å². The molecule has 0 aliphatic rings. The monoisotopic (exact) mass is 148 g/mol. The van der Waals surface area contributed by atoms with E-state index in [9.17, 15) is 4.39 Å². The molecule has 0 aromatic rings. The van der Waals surface area contributed by atoms with Crippen LogP contribution in [0.3, 0.4) is 0 Å². The van der Waals surface area contributed by atoms with Crippen LogP contribution < -0.4 is 0 Å². The van der Waals surface area contributed by atoms with Crippen molar-refractivity contribution in [3.05, 3.63) is 0 Å². The van der Waals surface area contributed by atoms with Crippen LogP contribution in [0.25, 0.3) is 0 Å². The normalized spacial score (nSPS) is 13.5. The van der Waals surface area contributed by atoms with E-state index in [0.29, 0.717) is 6.61 Å². The number of unbranched alkanes of at least 4 members (excludes halogenated alkanes) is 1. The maximum Gasteiger partial charge on any atom is 0.116 e. The molecule has 2 heteroatoms. The molecule has 0 fully saturated rings. The average molecular weight is 148 g/mol. The Labute approximate surface area is 62.6 Å². The molecule has 0 saturated carbocycles. The minimum absolute atomic E-state index is 0.161. The summed E-state index contributed by atoms with van der Waals surface area (Å²) in [6, 6.07) is 0. The van der Waals surface area contributed by atoms with Crippen LogP contribution in [-0.4, -0.2) is 19.4 Å². The molecular weight excluding hydrogens is 131 g/mol. The van der Waals surface area contributed by atoms with E-state index in [2.05, 4.69) is 6.92 Å². The smallest absolute Gasteiger partial charge is 0.116 e. The van der Waals surface area contributed by atoms with Gasteiger partial charge < -0.3 is 4.74 Å².